The third-order valence-corrected chi connectivity index (χ3v) is 2.80. The van der Waals surface area contributed by atoms with Crippen molar-refractivity contribution >= 4 is 11.6 Å². The SMILES string of the molecule is CCCNc1ccc(C(=O)NCc2ccncn2)cc1. The van der Waals surface area contributed by atoms with Crippen LogP contribution < -0.4 is 10.6 Å². The van der Waals surface area contributed by atoms with E-state index in [0.29, 0.717) is 12.1 Å². The van der Waals surface area contributed by atoms with E-state index in [1.54, 1.807) is 12.3 Å². The summed E-state index contributed by atoms with van der Waals surface area (Å²) in [4.78, 5) is 19.9. The van der Waals surface area contributed by atoms with Gasteiger partial charge in [0.2, 0.25) is 0 Å². The molecule has 0 aliphatic rings. The molecular weight excluding hydrogens is 252 g/mol. The molecule has 1 aromatic carbocycles. The minimum atomic E-state index is -0.106. The Bertz CT molecular complexity index is 540. The minimum absolute atomic E-state index is 0.106. The molecule has 2 aromatic rings. The number of amides is 1. The van der Waals surface area contributed by atoms with Crippen molar-refractivity contribution in [1.29, 1.82) is 0 Å². The maximum absolute atomic E-state index is 12.0. The van der Waals surface area contributed by atoms with Gasteiger partial charge in [0.05, 0.1) is 12.2 Å². The van der Waals surface area contributed by atoms with E-state index < -0.39 is 0 Å². The molecule has 0 aliphatic heterocycles. The number of nitrogens with zero attached hydrogens (tertiary/aromatic N) is 2. The zero-order valence-corrected chi connectivity index (χ0v) is 11.5. The predicted octanol–water partition coefficient (Wildman–Crippen LogP) is 2.23. The van der Waals surface area contributed by atoms with Crippen molar-refractivity contribution in [3.8, 4) is 0 Å². The Morgan fingerprint density at radius 1 is 1.20 bits per heavy atom. The Labute approximate surface area is 118 Å². The van der Waals surface area contributed by atoms with E-state index in [0.717, 1.165) is 24.3 Å². The van der Waals surface area contributed by atoms with Gasteiger partial charge in [-0.2, -0.15) is 0 Å². The van der Waals surface area contributed by atoms with Crippen LogP contribution in [0.3, 0.4) is 0 Å². The molecule has 0 atom stereocenters. The van der Waals surface area contributed by atoms with Crippen molar-refractivity contribution in [2.45, 2.75) is 19.9 Å². The molecule has 0 radical (unpaired) electrons. The number of hydrogen-bond acceptors (Lipinski definition) is 4. The molecule has 5 heteroatoms. The number of carbonyl (C=O) groups excluding carboxylic acids is 1. The van der Waals surface area contributed by atoms with Crippen LogP contribution >= 0.6 is 0 Å². The summed E-state index contributed by atoms with van der Waals surface area (Å²) in [7, 11) is 0. The van der Waals surface area contributed by atoms with Gasteiger partial charge in [-0.1, -0.05) is 6.92 Å². The molecule has 0 saturated heterocycles. The minimum Gasteiger partial charge on any atom is -0.385 e. The van der Waals surface area contributed by atoms with Gasteiger partial charge >= 0.3 is 0 Å². The Hall–Kier alpha value is -2.43. The lowest BCUT2D eigenvalue weighted by molar-refractivity contribution is 0.0950. The topological polar surface area (TPSA) is 66.9 Å². The maximum Gasteiger partial charge on any atom is 0.251 e. The van der Waals surface area contributed by atoms with Gasteiger partial charge in [0, 0.05) is 24.0 Å². The van der Waals surface area contributed by atoms with Gasteiger partial charge in [-0.15, -0.1) is 0 Å². The Kier molecular flexibility index (Phi) is 5.06. The first-order valence-corrected chi connectivity index (χ1v) is 6.66. The second-order valence-corrected chi connectivity index (χ2v) is 4.39. The van der Waals surface area contributed by atoms with E-state index in [1.165, 1.54) is 6.33 Å². The molecular formula is C15H18N4O. The first-order valence-electron chi connectivity index (χ1n) is 6.66. The molecule has 0 unspecified atom stereocenters. The van der Waals surface area contributed by atoms with E-state index in [9.17, 15) is 4.79 Å². The van der Waals surface area contributed by atoms with Crippen molar-refractivity contribution in [1.82, 2.24) is 15.3 Å². The number of aromatic nitrogens is 2. The zero-order valence-electron chi connectivity index (χ0n) is 11.5. The van der Waals surface area contributed by atoms with Crippen LogP contribution in [0.1, 0.15) is 29.4 Å². The Balaban J connectivity index is 1.89. The first-order chi connectivity index (χ1) is 9.79. The summed E-state index contributed by atoms with van der Waals surface area (Å²) < 4.78 is 0. The van der Waals surface area contributed by atoms with E-state index in [2.05, 4.69) is 27.5 Å². The largest absolute Gasteiger partial charge is 0.385 e. The number of anilines is 1. The molecule has 2 N–H and O–H groups in total. The van der Waals surface area contributed by atoms with Crippen LogP contribution in [-0.2, 0) is 6.54 Å². The third-order valence-electron chi connectivity index (χ3n) is 2.80. The van der Waals surface area contributed by atoms with Gasteiger partial charge in [0.25, 0.3) is 5.91 Å². The van der Waals surface area contributed by atoms with E-state index in [1.807, 2.05) is 24.3 Å². The number of nitrogens with one attached hydrogen (secondary N) is 2. The number of carbonyl (C=O) groups is 1. The molecule has 0 aliphatic carbocycles. The summed E-state index contributed by atoms with van der Waals surface area (Å²) in [6.45, 7) is 3.44. The lowest BCUT2D eigenvalue weighted by atomic mass is 10.2. The average molecular weight is 270 g/mol. The van der Waals surface area contributed by atoms with Crippen LogP contribution in [0.2, 0.25) is 0 Å². The number of hydrogen-bond donors (Lipinski definition) is 2. The van der Waals surface area contributed by atoms with Gasteiger partial charge in [-0.05, 0) is 36.8 Å². The molecule has 1 amide bonds. The van der Waals surface area contributed by atoms with Crippen molar-refractivity contribution in [3.63, 3.8) is 0 Å². The molecule has 0 fully saturated rings. The lowest BCUT2D eigenvalue weighted by Crippen LogP contribution is -2.23. The van der Waals surface area contributed by atoms with Gasteiger partial charge in [-0.25, -0.2) is 9.97 Å². The highest BCUT2D eigenvalue weighted by Gasteiger charge is 2.05. The van der Waals surface area contributed by atoms with Crippen LogP contribution in [0, 0.1) is 0 Å². The van der Waals surface area contributed by atoms with Crippen LogP contribution in [0.5, 0.6) is 0 Å². The number of rotatable bonds is 6. The van der Waals surface area contributed by atoms with Gasteiger partial charge < -0.3 is 10.6 Å². The van der Waals surface area contributed by atoms with Crippen molar-refractivity contribution in [2.75, 3.05) is 11.9 Å². The molecule has 20 heavy (non-hydrogen) atoms. The smallest absolute Gasteiger partial charge is 0.251 e. The maximum atomic E-state index is 12.0. The summed E-state index contributed by atoms with van der Waals surface area (Å²) in [6, 6.07) is 9.23. The molecule has 0 saturated carbocycles. The quantitative estimate of drug-likeness (QED) is 0.844. The summed E-state index contributed by atoms with van der Waals surface area (Å²) in [5.41, 5.74) is 2.45. The van der Waals surface area contributed by atoms with Crippen molar-refractivity contribution < 1.29 is 4.79 Å². The fraction of sp³-hybridized carbons (Fsp3) is 0.267. The third kappa shape index (κ3) is 4.05. The summed E-state index contributed by atoms with van der Waals surface area (Å²) in [5, 5.41) is 6.10. The zero-order chi connectivity index (χ0) is 14.2. The monoisotopic (exact) mass is 270 g/mol. The van der Waals surface area contributed by atoms with E-state index >= 15 is 0 Å². The molecule has 1 aromatic heterocycles. The van der Waals surface area contributed by atoms with Crippen molar-refractivity contribution in [3.05, 3.63) is 54.1 Å². The van der Waals surface area contributed by atoms with Crippen LogP contribution in [0.15, 0.2) is 42.9 Å². The van der Waals surface area contributed by atoms with Crippen LogP contribution in [0.25, 0.3) is 0 Å². The standard InChI is InChI=1S/C15H18N4O/c1-2-8-17-13-5-3-12(4-6-13)15(20)18-10-14-7-9-16-11-19-14/h3-7,9,11,17H,2,8,10H2,1H3,(H,18,20). The molecule has 2 rings (SSSR count). The summed E-state index contributed by atoms with van der Waals surface area (Å²) in [5.74, 6) is -0.106. The highest BCUT2D eigenvalue weighted by molar-refractivity contribution is 5.94. The average Bonchev–Trinajstić information content (AvgIpc) is 2.52. The molecule has 1 heterocycles. The highest BCUT2D eigenvalue weighted by atomic mass is 16.1. The summed E-state index contributed by atoms with van der Waals surface area (Å²) in [6.07, 6.45) is 4.19. The van der Waals surface area contributed by atoms with E-state index in [-0.39, 0.29) is 5.91 Å². The van der Waals surface area contributed by atoms with E-state index in [4.69, 9.17) is 0 Å². The van der Waals surface area contributed by atoms with Gasteiger partial charge in [0.15, 0.2) is 0 Å². The second-order valence-electron chi connectivity index (χ2n) is 4.39. The second kappa shape index (κ2) is 7.23. The first kappa shape index (κ1) is 14.0. The fourth-order valence-corrected chi connectivity index (χ4v) is 1.70. The van der Waals surface area contributed by atoms with Crippen LogP contribution in [-0.4, -0.2) is 22.4 Å². The van der Waals surface area contributed by atoms with Crippen LogP contribution in [0.4, 0.5) is 5.69 Å². The molecule has 0 bridgehead atoms. The number of benzene rings is 1. The molecule has 5 nitrogen and oxygen atoms in total. The normalized spacial score (nSPS) is 10.1. The molecule has 0 spiro atoms. The Morgan fingerprint density at radius 2 is 2.00 bits per heavy atom. The van der Waals surface area contributed by atoms with Crippen molar-refractivity contribution in [2.24, 2.45) is 0 Å². The molecule has 104 valence electrons. The van der Waals surface area contributed by atoms with Gasteiger partial charge in [-0.3, -0.25) is 4.79 Å². The van der Waals surface area contributed by atoms with Gasteiger partial charge in [0.1, 0.15) is 6.33 Å². The summed E-state index contributed by atoms with van der Waals surface area (Å²) >= 11 is 0. The predicted molar refractivity (Wildman–Crippen MR) is 78.4 cm³/mol. The lowest BCUT2D eigenvalue weighted by Gasteiger charge is -2.07. The highest BCUT2D eigenvalue weighted by Crippen LogP contribution is 2.09. The Morgan fingerprint density at radius 3 is 2.65 bits per heavy atom. The fourth-order valence-electron chi connectivity index (χ4n) is 1.70.